The van der Waals surface area contributed by atoms with Crippen LogP contribution in [0.4, 0.5) is 0 Å². The average molecular weight is 353 g/mol. The topological polar surface area (TPSA) is 66.0 Å². The molecular weight excluding hydrogens is 340 g/mol. The molecule has 0 aliphatic heterocycles. The zero-order chi connectivity index (χ0) is 15.5. The Labute approximate surface area is 141 Å². The molecular formula is C14H13ClN4OS2. The Hall–Kier alpha value is -1.70. The summed E-state index contributed by atoms with van der Waals surface area (Å²) in [4.78, 5) is 1.16. The summed E-state index contributed by atoms with van der Waals surface area (Å²) in [6.45, 7) is 0. The van der Waals surface area contributed by atoms with Crippen LogP contribution < -0.4 is 10.6 Å². The number of nitrogens with two attached hydrogens (primary N) is 1. The molecule has 3 rings (SSSR count). The quantitative estimate of drug-likeness (QED) is 0.560. The maximum absolute atomic E-state index is 6.12. The Balaban J connectivity index is 1.82. The monoisotopic (exact) mass is 352 g/mol. The summed E-state index contributed by atoms with van der Waals surface area (Å²) in [6.07, 6.45) is 0. The number of benzene rings is 1. The summed E-state index contributed by atoms with van der Waals surface area (Å²) >= 11 is 8.99. The normalized spacial score (nSPS) is 10.8. The molecule has 0 aliphatic rings. The number of thioether (sulfide) groups is 1. The van der Waals surface area contributed by atoms with Crippen LogP contribution in [0, 0.1) is 0 Å². The molecule has 1 aromatic carbocycles. The van der Waals surface area contributed by atoms with E-state index in [1.54, 1.807) is 18.4 Å². The molecule has 0 bridgehead atoms. The number of hydrogen-bond donors (Lipinski definition) is 1. The standard InChI is InChI=1S/C14H13ClN4OS2/c1-20-11-5-3-2-4-10(11)13-17-18-14(19(13)16)21-8-9-6-7-12(15)22-9/h2-7H,8,16H2,1H3. The summed E-state index contributed by atoms with van der Waals surface area (Å²) < 4.78 is 7.60. The van der Waals surface area contributed by atoms with Crippen molar-refractivity contribution in [3.05, 3.63) is 45.6 Å². The van der Waals surface area contributed by atoms with Gasteiger partial charge in [0.05, 0.1) is 17.0 Å². The Morgan fingerprint density at radius 2 is 2.09 bits per heavy atom. The second-order valence-corrected chi connectivity index (χ2v) is 7.11. The van der Waals surface area contributed by atoms with Gasteiger partial charge in [0, 0.05) is 10.6 Å². The van der Waals surface area contributed by atoms with Gasteiger partial charge in [-0.1, -0.05) is 35.5 Å². The molecule has 0 fully saturated rings. The Morgan fingerprint density at radius 3 is 2.82 bits per heavy atom. The van der Waals surface area contributed by atoms with Crippen LogP contribution in [-0.4, -0.2) is 22.0 Å². The number of rotatable bonds is 5. The largest absolute Gasteiger partial charge is 0.496 e. The first kappa shape index (κ1) is 15.2. The Bertz CT molecular complexity index is 787. The number of hydrogen-bond acceptors (Lipinski definition) is 6. The van der Waals surface area contributed by atoms with Crippen LogP contribution in [0.25, 0.3) is 11.4 Å². The first-order chi connectivity index (χ1) is 10.7. The minimum Gasteiger partial charge on any atom is -0.496 e. The molecule has 0 unspecified atom stereocenters. The smallest absolute Gasteiger partial charge is 0.210 e. The number of aromatic nitrogens is 3. The lowest BCUT2D eigenvalue weighted by Gasteiger charge is -2.07. The van der Waals surface area contributed by atoms with Crippen LogP contribution in [0.5, 0.6) is 5.75 Å². The van der Waals surface area contributed by atoms with E-state index >= 15 is 0 Å². The van der Waals surface area contributed by atoms with Crippen LogP contribution in [-0.2, 0) is 5.75 Å². The lowest BCUT2D eigenvalue weighted by Crippen LogP contribution is -2.11. The van der Waals surface area contributed by atoms with Crippen LogP contribution in [0.1, 0.15) is 4.88 Å². The van der Waals surface area contributed by atoms with Gasteiger partial charge in [-0.2, -0.15) is 0 Å². The first-order valence-corrected chi connectivity index (χ1v) is 8.58. The van der Waals surface area contributed by atoms with Gasteiger partial charge >= 0.3 is 0 Å². The van der Waals surface area contributed by atoms with Crippen molar-refractivity contribution in [2.24, 2.45) is 0 Å². The number of methoxy groups -OCH3 is 1. The van der Waals surface area contributed by atoms with Crippen molar-refractivity contribution in [1.82, 2.24) is 14.9 Å². The van der Waals surface area contributed by atoms with Crippen molar-refractivity contribution in [2.75, 3.05) is 13.0 Å². The minimum atomic E-state index is 0.573. The molecule has 0 amide bonds. The highest BCUT2D eigenvalue weighted by Crippen LogP contribution is 2.31. The van der Waals surface area contributed by atoms with Gasteiger partial charge < -0.3 is 10.6 Å². The fourth-order valence-electron chi connectivity index (χ4n) is 1.95. The molecule has 114 valence electrons. The third kappa shape index (κ3) is 3.06. The zero-order valence-corrected chi connectivity index (χ0v) is 14.1. The van der Waals surface area contributed by atoms with E-state index in [-0.39, 0.29) is 0 Å². The summed E-state index contributed by atoms with van der Waals surface area (Å²) in [5.41, 5.74) is 0.811. The molecule has 2 aromatic heterocycles. The van der Waals surface area contributed by atoms with Crippen molar-refractivity contribution in [3.8, 4) is 17.1 Å². The van der Waals surface area contributed by atoms with Gasteiger partial charge in [0.1, 0.15) is 5.75 Å². The van der Waals surface area contributed by atoms with Gasteiger partial charge in [-0.25, -0.2) is 4.68 Å². The Morgan fingerprint density at radius 1 is 1.27 bits per heavy atom. The van der Waals surface area contributed by atoms with Crippen LogP contribution in [0.2, 0.25) is 4.34 Å². The molecule has 0 saturated heterocycles. The van der Waals surface area contributed by atoms with Gasteiger partial charge in [0.25, 0.3) is 0 Å². The molecule has 0 atom stereocenters. The molecule has 0 aliphatic carbocycles. The predicted molar refractivity (Wildman–Crippen MR) is 91.1 cm³/mol. The second kappa shape index (κ2) is 6.60. The fraction of sp³-hybridized carbons (Fsp3) is 0.143. The van der Waals surface area contributed by atoms with Crippen molar-refractivity contribution >= 4 is 34.7 Å². The van der Waals surface area contributed by atoms with E-state index in [1.807, 2.05) is 36.4 Å². The second-order valence-electron chi connectivity index (χ2n) is 4.37. The van der Waals surface area contributed by atoms with Crippen molar-refractivity contribution < 1.29 is 4.74 Å². The number of nitrogen functional groups attached to an aromatic ring is 1. The fourth-order valence-corrected chi connectivity index (χ4v) is 3.94. The molecule has 2 heterocycles. The van der Waals surface area contributed by atoms with Gasteiger partial charge in [0.2, 0.25) is 5.16 Å². The van der Waals surface area contributed by atoms with Gasteiger partial charge in [0.15, 0.2) is 5.82 Å². The lowest BCUT2D eigenvalue weighted by atomic mass is 10.2. The summed E-state index contributed by atoms with van der Waals surface area (Å²) in [5.74, 6) is 8.15. The summed E-state index contributed by atoms with van der Waals surface area (Å²) in [7, 11) is 1.62. The van der Waals surface area contributed by atoms with E-state index in [1.165, 1.54) is 16.4 Å². The first-order valence-electron chi connectivity index (χ1n) is 6.40. The molecule has 5 nitrogen and oxygen atoms in total. The summed E-state index contributed by atoms with van der Waals surface area (Å²) in [5, 5.41) is 8.98. The zero-order valence-electron chi connectivity index (χ0n) is 11.7. The van der Waals surface area contributed by atoms with Crippen molar-refractivity contribution in [1.29, 1.82) is 0 Å². The highest BCUT2D eigenvalue weighted by atomic mass is 35.5. The summed E-state index contributed by atoms with van der Waals surface area (Å²) in [6, 6.07) is 11.5. The van der Waals surface area contributed by atoms with Gasteiger partial charge in [-0.3, -0.25) is 0 Å². The van der Waals surface area contributed by atoms with E-state index in [9.17, 15) is 0 Å². The van der Waals surface area contributed by atoms with E-state index in [2.05, 4.69) is 10.2 Å². The molecule has 0 radical (unpaired) electrons. The molecule has 2 N–H and O–H groups in total. The number of nitrogens with zero attached hydrogens (tertiary/aromatic N) is 3. The van der Waals surface area contributed by atoms with Gasteiger partial charge in [-0.05, 0) is 24.3 Å². The third-order valence-corrected chi connectivity index (χ3v) is 5.39. The maximum Gasteiger partial charge on any atom is 0.210 e. The predicted octanol–water partition coefficient (Wildman–Crippen LogP) is 3.67. The van der Waals surface area contributed by atoms with Crippen molar-refractivity contribution in [3.63, 3.8) is 0 Å². The lowest BCUT2D eigenvalue weighted by molar-refractivity contribution is 0.416. The van der Waals surface area contributed by atoms with E-state index < -0.39 is 0 Å². The average Bonchev–Trinajstić information content (AvgIpc) is 3.11. The van der Waals surface area contributed by atoms with Crippen LogP contribution in [0.3, 0.4) is 0 Å². The molecule has 0 saturated carbocycles. The maximum atomic E-state index is 6.12. The number of para-hydroxylation sites is 1. The number of ether oxygens (including phenoxy) is 1. The van der Waals surface area contributed by atoms with E-state index in [4.69, 9.17) is 22.2 Å². The number of halogens is 1. The number of thiophene rings is 1. The molecule has 0 spiro atoms. The molecule has 8 heteroatoms. The van der Waals surface area contributed by atoms with Crippen LogP contribution >= 0.6 is 34.7 Å². The van der Waals surface area contributed by atoms with E-state index in [0.29, 0.717) is 16.7 Å². The van der Waals surface area contributed by atoms with E-state index in [0.717, 1.165) is 20.5 Å². The highest BCUT2D eigenvalue weighted by Gasteiger charge is 2.15. The molecule has 22 heavy (non-hydrogen) atoms. The SMILES string of the molecule is COc1ccccc1-c1nnc(SCc2ccc(Cl)s2)n1N. The van der Waals surface area contributed by atoms with Gasteiger partial charge in [-0.15, -0.1) is 21.5 Å². The van der Waals surface area contributed by atoms with Crippen LogP contribution in [0.15, 0.2) is 41.6 Å². The minimum absolute atomic E-state index is 0.573. The highest BCUT2D eigenvalue weighted by molar-refractivity contribution is 7.98. The third-order valence-electron chi connectivity index (χ3n) is 2.98. The molecule has 3 aromatic rings. The Kier molecular flexibility index (Phi) is 4.56. The van der Waals surface area contributed by atoms with Crippen molar-refractivity contribution in [2.45, 2.75) is 10.9 Å².